The van der Waals surface area contributed by atoms with E-state index in [9.17, 15) is 4.39 Å². The second kappa shape index (κ2) is 3.72. The van der Waals surface area contributed by atoms with Crippen molar-refractivity contribution >= 4 is 17.3 Å². The number of hydrogen-bond acceptors (Lipinski definition) is 2. The number of aromatic nitrogens is 1. The van der Waals surface area contributed by atoms with Crippen molar-refractivity contribution in [3.05, 3.63) is 23.2 Å². The minimum absolute atomic E-state index is 0.179. The average molecular weight is 189 g/mol. The van der Waals surface area contributed by atoms with Crippen molar-refractivity contribution in [2.45, 2.75) is 19.9 Å². The predicted molar refractivity (Wildman–Crippen MR) is 48.0 cm³/mol. The van der Waals surface area contributed by atoms with E-state index in [2.05, 4.69) is 10.3 Å². The Morgan fingerprint density at radius 1 is 1.58 bits per heavy atom. The molecule has 0 saturated carbocycles. The van der Waals surface area contributed by atoms with Gasteiger partial charge in [0.05, 0.1) is 11.9 Å². The normalized spacial score (nSPS) is 10.4. The summed E-state index contributed by atoms with van der Waals surface area (Å²) in [5.41, 5.74) is 0.394. The van der Waals surface area contributed by atoms with Crippen LogP contribution in [-0.2, 0) is 0 Å². The molecule has 0 saturated heterocycles. The van der Waals surface area contributed by atoms with Gasteiger partial charge in [0.25, 0.3) is 0 Å². The molecule has 4 heteroatoms. The summed E-state index contributed by atoms with van der Waals surface area (Å²) in [6.07, 6.45) is 1.10. The summed E-state index contributed by atoms with van der Waals surface area (Å²) >= 11 is 5.58. The van der Waals surface area contributed by atoms with Gasteiger partial charge in [0.15, 0.2) is 5.82 Å². The third-order valence-electron chi connectivity index (χ3n) is 1.27. The number of nitrogens with zero attached hydrogens (tertiary/aromatic N) is 1. The second-order valence-electron chi connectivity index (χ2n) is 2.79. The largest absolute Gasteiger partial charge is 0.380 e. The van der Waals surface area contributed by atoms with Crippen molar-refractivity contribution in [3.63, 3.8) is 0 Å². The molecule has 0 amide bonds. The van der Waals surface area contributed by atoms with Gasteiger partial charge in [-0.15, -0.1) is 0 Å². The van der Waals surface area contributed by atoms with Gasteiger partial charge in [0, 0.05) is 12.1 Å². The van der Waals surface area contributed by atoms with E-state index in [-0.39, 0.29) is 11.9 Å². The molecule has 0 radical (unpaired) electrons. The zero-order valence-electron chi connectivity index (χ0n) is 6.94. The van der Waals surface area contributed by atoms with Gasteiger partial charge in [-0.1, -0.05) is 11.6 Å². The van der Waals surface area contributed by atoms with Gasteiger partial charge in [0.1, 0.15) is 5.15 Å². The Labute approximate surface area is 75.8 Å². The molecule has 0 bridgehead atoms. The molecule has 0 spiro atoms. The Hall–Kier alpha value is -0.830. The molecule has 2 nitrogen and oxygen atoms in total. The lowest BCUT2D eigenvalue weighted by Crippen LogP contribution is -2.11. The van der Waals surface area contributed by atoms with Crippen molar-refractivity contribution in [1.82, 2.24) is 4.98 Å². The summed E-state index contributed by atoms with van der Waals surface area (Å²) in [7, 11) is 0. The standard InChI is InChI=1S/C8H10ClFN2/c1-5(2)12-7-3-8(9)11-4-6(7)10/h3-5H,1-2H3,(H,11,12). The Morgan fingerprint density at radius 2 is 2.25 bits per heavy atom. The second-order valence-corrected chi connectivity index (χ2v) is 3.17. The number of nitrogens with one attached hydrogen (secondary N) is 1. The Bertz CT molecular complexity index is 276. The maximum absolute atomic E-state index is 12.9. The van der Waals surface area contributed by atoms with Crippen molar-refractivity contribution < 1.29 is 4.39 Å². The van der Waals surface area contributed by atoms with Crippen LogP contribution in [0.1, 0.15) is 13.8 Å². The highest BCUT2D eigenvalue weighted by atomic mass is 35.5. The average Bonchev–Trinajstić information content (AvgIpc) is 1.96. The summed E-state index contributed by atoms with van der Waals surface area (Å²) in [5, 5.41) is 3.21. The fourth-order valence-corrected chi connectivity index (χ4v) is 0.993. The van der Waals surface area contributed by atoms with Gasteiger partial charge in [-0.3, -0.25) is 0 Å². The minimum atomic E-state index is -0.381. The number of halogens is 2. The van der Waals surface area contributed by atoms with Crippen molar-refractivity contribution in [2.75, 3.05) is 5.32 Å². The van der Waals surface area contributed by atoms with Crippen LogP contribution in [0.5, 0.6) is 0 Å². The van der Waals surface area contributed by atoms with Gasteiger partial charge in [-0.2, -0.15) is 0 Å². The maximum Gasteiger partial charge on any atom is 0.164 e. The van der Waals surface area contributed by atoms with Crippen LogP contribution >= 0.6 is 11.6 Å². The summed E-state index contributed by atoms with van der Waals surface area (Å²) in [6, 6.07) is 1.65. The first kappa shape index (κ1) is 9.26. The molecule has 0 fully saturated rings. The first-order chi connectivity index (χ1) is 5.59. The fraction of sp³-hybridized carbons (Fsp3) is 0.375. The minimum Gasteiger partial charge on any atom is -0.380 e. The van der Waals surface area contributed by atoms with E-state index < -0.39 is 0 Å². The van der Waals surface area contributed by atoms with Gasteiger partial charge in [-0.25, -0.2) is 9.37 Å². The summed E-state index contributed by atoms with van der Waals surface area (Å²) in [6.45, 7) is 3.85. The monoisotopic (exact) mass is 188 g/mol. The lowest BCUT2D eigenvalue weighted by molar-refractivity contribution is 0.621. The van der Waals surface area contributed by atoms with Crippen LogP contribution in [0.3, 0.4) is 0 Å². The molecule has 0 aliphatic heterocycles. The van der Waals surface area contributed by atoms with Gasteiger partial charge in [0.2, 0.25) is 0 Å². The zero-order valence-corrected chi connectivity index (χ0v) is 7.69. The molecule has 66 valence electrons. The molecule has 0 aromatic carbocycles. The van der Waals surface area contributed by atoms with E-state index in [1.807, 2.05) is 13.8 Å². The van der Waals surface area contributed by atoms with E-state index in [4.69, 9.17) is 11.6 Å². The molecular weight excluding hydrogens is 179 g/mol. The Kier molecular flexibility index (Phi) is 2.87. The van der Waals surface area contributed by atoms with E-state index in [1.165, 1.54) is 6.07 Å². The van der Waals surface area contributed by atoms with E-state index >= 15 is 0 Å². The molecule has 0 aliphatic carbocycles. The van der Waals surface area contributed by atoms with Crippen molar-refractivity contribution in [1.29, 1.82) is 0 Å². The molecule has 0 aliphatic rings. The van der Waals surface area contributed by atoms with Crippen LogP contribution in [0, 0.1) is 5.82 Å². The number of rotatable bonds is 2. The molecule has 1 N–H and O–H groups in total. The Balaban J connectivity index is 2.90. The third-order valence-corrected chi connectivity index (χ3v) is 1.47. The molecule has 0 unspecified atom stereocenters. The smallest absolute Gasteiger partial charge is 0.164 e. The highest BCUT2D eigenvalue weighted by Gasteiger charge is 2.03. The van der Waals surface area contributed by atoms with Gasteiger partial charge < -0.3 is 5.32 Å². The summed E-state index contributed by atoms with van der Waals surface area (Å²) in [4.78, 5) is 3.60. The SMILES string of the molecule is CC(C)Nc1cc(Cl)ncc1F. The topological polar surface area (TPSA) is 24.9 Å². The maximum atomic E-state index is 12.9. The molecule has 1 heterocycles. The van der Waals surface area contributed by atoms with Crippen molar-refractivity contribution in [3.8, 4) is 0 Å². The first-order valence-electron chi connectivity index (χ1n) is 3.67. The number of hydrogen-bond donors (Lipinski definition) is 1. The van der Waals surface area contributed by atoms with Crippen LogP contribution in [-0.4, -0.2) is 11.0 Å². The van der Waals surface area contributed by atoms with E-state index in [1.54, 1.807) is 0 Å². The lowest BCUT2D eigenvalue weighted by Gasteiger charge is -2.10. The van der Waals surface area contributed by atoms with Gasteiger partial charge >= 0.3 is 0 Å². The zero-order chi connectivity index (χ0) is 9.14. The van der Waals surface area contributed by atoms with Crippen LogP contribution in [0.4, 0.5) is 10.1 Å². The fourth-order valence-electron chi connectivity index (χ4n) is 0.835. The molecule has 12 heavy (non-hydrogen) atoms. The Morgan fingerprint density at radius 3 is 2.83 bits per heavy atom. The van der Waals surface area contributed by atoms with Crippen LogP contribution in [0.15, 0.2) is 12.3 Å². The molecular formula is C8H10ClFN2. The molecule has 1 rings (SSSR count). The number of anilines is 1. The highest BCUT2D eigenvalue weighted by molar-refractivity contribution is 6.29. The first-order valence-corrected chi connectivity index (χ1v) is 4.05. The molecule has 1 aromatic rings. The van der Waals surface area contributed by atoms with Crippen LogP contribution in [0.2, 0.25) is 5.15 Å². The van der Waals surface area contributed by atoms with E-state index in [0.717, 1.165) is 6.20 Å². The van der Waals surface area contributed by atoms with Crippen molar-refractivity contribution in [2.24, 2.45) is 0 Å². The third kappa shape index (κ3) is 2.34. The summed E-state index contributed by atoms with van der Waals surface area (Å²) < 4.78 is 12.9. The van der Waals surface area contributed by atoms with Gasteiger partial charge in [-0.05, 0) is 13.8 Å². The van der Waals surface area contributed by atoms with E-state index in [0.29, 0.717) is 10.8 Å². The molecule has 1 aromatic heterocycles. The highest BCUT2D eigenvalue weighted by Crippen LogP contribution is 2.17. The predicted octanol–water partition coefficient (Wildman–Crippen LogP) is 2.69. The number of pyridine rings is 1. The summed E-state index contributed by atoms with van der Waals surface area (Å²) in [5.74, 6) is -0.381. The quantitative estimate of drug-likeness (QED) is 0.722. The lowest BCUT2D eigenvalue weighted by atomic mass is 10.3. The molecule has 0 atom stereocenters. The van der Waals surface area contributed by atoms with Crippen LogP contribution in [0.25, 0.3) is 0 Å². The van der Waals surface area contributed by atoms with Crippen LogP contribution < -0.4 is 5.32 Å².